The molecule has 0 saturated carbocycles. The van der Waals surface area contributed by atoms with Gasteiger partial charge in [-0.1, -0.05) is 80.1 Å². The van der Waals surface area contributed by atoms with E-state index in [4.69, 9.17) is 0 Å². The molecule has 23 heavy (non-hydrogen) atoms. The van der Waals surface area contributed by atoms with Crippen LogP contribution in [0.25, 0.3) is 10.8 Å². The van der Waals surface area contributed by atoms with E-state index in [0.29, 0.717) is 0 Å². The highest BCUT2D eigenvalue weighted by Crippen LogP contribution is 2.22. The lowest BCUT2D eigenvalue weighted by Gasteiger charge is -2.19. The van der Waals surface area contributed by atoms with Crippen molar-refractivity contribution in [1.29, 1.82) is 0 Å². The van der Waals surface area contributed by atoms with Crippen molar-refractivity contribution in [3.63, 3.8) is 0 Å². The van der Waals surface area contributed by atoms with Gasteiger partial charge in [0.1, 0.15) is 0 Å². The lowest BCUT2D eigenvalue weighted by molar-refractivity contribution is 0.0936. The van der Waals surface area contributed by atoms with Crippen LogP contribution in [-0.4, -0.2) is 5.91 Å². The van der Waals surface area contributed by atoms with E-state index >= 15 is 0 Å². The minimum Gasteiger partial charge on any atom is -0.345 e. The largest absolute Gasteiger partial charge is 0.345 e. The second-order valence-corrected chi connectivity index (χ2v) is 5.75. The van der Waals surface area contributed by atoms with Gasteiger partial charge in [0.15, 0.2) is 0 Å². The van der Waals surface area contributed by atoms with E-state index < -0.39 is 0 Å². The van der Waals surface area contributed by atoms with Gasteiger partial charge in [-0.25, -0.2) is 0 Å². The van der Waals surface area contributed by atoms with Gasteiger partial charge in [0.2, 0.25) is 0 Å². The van der Waals surface area contributed by atoms with Gasteiger partial charge in [0.05, 0.1) is 6.04 Å². The van der Waals surface area contributed by atoms with Crippen molar-refractivity contribution in [1.82, 2.24) is 5.32 Å². The van der Waals surface area contributed by atoms with Crippen molar-refractivity contribution in [2.75, 3.05) is 0 Å². The minimum absolute atomic E-state index is 0.0101. The molecule has 0 saturated heterocycles. The molecule has 116 valence electrons. The number of fused-ring (bicyclic) bond motifs is 1. The fourth-order valence-electron chi connectivity index (χ4n) is 2.96. The lowest BCUT2D eigenvalue weighted by Crippen LogP contribution is -2.28. The average Bonchev–Trinajstić information content (AvgIpc) is 2.61. The molecule has 3 aromatic carbocycles. The average molecular weight is 303 g/mol. The molecule has 1 unspecified atom stereocenters. The van der Waals surface area contributed by atoms with Crippen LogP contribution in [0.15, 0.2) is 72.8 Å². The van der Waals surface area contributed by atoms with Crippen LogP contribution in [0.1, 0.15) is 41.7 Å². The van der Waals surface area contributed by atoms with Crippen molar-refractivity contribution in [3.8, 4) is 0 Å². The monoisotopic (exact) mass is 303 g/mol. The van der Waals surface area contributed by atoms with E-state index in [2.05, 4.69) is 24.4 Å². The molecule has 0 aromatic heterocycles. The van der Waals surface area contributed by atoms with E-state index in [0.717, 1.165) is 34.7 Å². The predicted molar refractivity (Wildman–Crippen MR) is 95.5 cm³/mol. The van der Waals surface area contributed by atoms with Crippen LogP contribution in [0, 0.1) is 0 Å². The zero-order valence-corrected chi connectivity index (χ0v) is 13.3. The highest BCUT2D eigenvalue weighted by Gasteiger charge is 2.16. The first kappa shape index (κ1) is 15.3. The minimum atomic E-state index is -0.0101. The molecule has 2 nitrogen and oxygen atoms in total. The molecule has 0 bridgehead atoms. The third kappa shape index (κ3) is 3.42. The van der Waals surface area contributed by atoms with Gasteiger partial charge in [-0.2, -0.15) is 0 Å². The van der Waals surface area contributed by atoms with Crippen molar-refractivity contribution in [3.05, 3.63) is 83.9 Å². The van der Waals surface area contributed by atoms with Crippen LogP contribution in [0.2, 0.25) is 0 Å². The Morgan fingerprint density at radius 2 is 1.61 bits per heavy atom. The topological polar surface area (TPSA) is 29.1 Å². The van der Waals surface area contributed by atoms with Crippen molar-refractivity contribution < 1.29 is 4.79 Å². The molecule has 3 rings (SSSR count). The Morgan fingerprint density at radius 1 is 0.913 bits per heavy atom. The highest BCUT2D eigenvalue weighted by molar-refractivity contribution is 6.07. The maximum absolute atomic E-state index is 12.8. The summed E-state index contributed by atoms with van der Waals surface area (Å²) in [7, 11) is 0. The Hall–Kier alpha value is -2.61. The zero-order valence-electron chi connectivity index (χ0n) is 13.3. The van der Waals surface area contributed by atoms with Crippen LogP contribution in [0.5, 0.6) is 0 Å². The third-order valence-corrected chi connectivity index (χ3v) is 4.12. The Bertz CT molecular complexity index is 790. The third-order valence-electron chi connectivity index (χ3n) is 4.12. The normalized spacial score (nSPS) is 12.0. The summed E-state index contributed by atoms with van der Waals surface area (Å²) in [6.07, 6.45) is 1.95. The summed E-state index contributed by atoms with van der Waals surface area (Å²) in [5, 5.41) is 5.29. The van der Waals surface area contributed by atoms with Crippen molar-refractivity contribution >= 4 is 16.7 Å². The van der Waals surface area contributed by atoms with E-state index in [9.17, 15) is 4.79 Å². The van der Waals surface area contributed by atoms with Gasteiger partial charge >= 0.3 is 0 Å². The predicted octanol–water partition coefficient (Wildman–Crippen LogP) is 5.11. The molecule has 1 atom stereocenters. The number of rotatable bonds is 5. The smallest absolute Gasteiger partial charge is 0.252 e. The summed E-state index contributed by atoms with van der Waals surface area (Å²) in [5.41, 5.74) is 1.89. The van der Waals surface area contributed by atoms with E-state index in [1.807, 2.05) is 60.7 Å². The molecule has 0 aliphatic carbocycles. The van der Waals surface area contributed by atoms with E-state index in [1.165, 1.54) is 0 Å². The number of nitrogens with one attached hydrogen (secondary N) is 1. The SMILES string of the molecule is CCCC(NC(=O)c1cccc2ccccc12)c1ccccc1. The molecule has 1 amide bonds. The second-order valence-electron chi connectivity index (χ2n) is 5.75. The molecule has 0 radical (unpaired) electrons. The molecule has 2 heteroatoms. The molecular weight excluding hydrogens is 282 g/mol. The summed E-state index contributed by atoms with van der Waals surface area (Å²) >= 11 is 0. The van der Waals surface area contributed by atoms with Gasteiger partial charge in [0.25, 0.3) is 5.91 Å². The Balaban J connectivity index is 1.89. The van der Waals surface area contributed by atoms with Crippen LogP contribution in [0.3, 0.4) is 0 Å². The number of hydrogen-bond donors (Lipinski definition) is 1. The van der Waals surface area contributed by atoms with Gasteiger partial charge < -0.3 is 5.32 Å². The quantitative estimate of drug-likeness (QED) is 0.697. The maximum atomic E-state index is 12.8. The number of amides is 1. The van der Waals surface area contributed by atoms with Gasteiger partial charge in [0, 0.05) is 5.56 Å². The highest BCUT2D eigenvalue weighted by atomic mass is 16.1. The second kappa shape index (κ2) is 7.10. The van der Waals surface area contributed by atoms with Gasteiger partial charge in [-0.05, 0) is 28.8 Å². The molecule has 0 aliphatic rings. The number of carbonyl (C=O) groups is 1. The first-order valence-electron chi connectivity index (χ1n) is 8.13. The number of carbonyl (C=O) groups excluding carboxylic acids is 1. The van der Waals surface area contributed by atoms with Crippen molar-refractivity contribution in [2.45, 2.75) is 25.8 Å². The van der Waals surface area contributed by atoms with Gasteiger partial charge in [-0.3, -0.25) is 4.79 Å². The zero-order chi connectivity index (χ0) is 16.1. The van der Waals surface area contributed by atoms with Crippen molar-refractivity contribution in [2.24, 2.45) is 0 Å². The first-order valence-corrected chi connectivity index (χ1v) is 8.13. The summed E-state index contributed by atoms with van der Waals surface area (Å²) < 4.78 is 0. The Labute approximate surface area is 137 Å². The van der Waals surface area contributed by atoms with Crippen LogP contribution >= 0.6 is 0 Å². The van der Waals surface area contributed by atoms with E-state index in [-0.39, 0.29) is 11.9 Å². The fraction of sp³-hybridized carbons (Fsp3) is 0.190. The summed E-state index contributed by atoms with van der Waals surface area (Å²) in [6, 6.07) is 24.1. The summed E-state index contributed by atoms with van der Waals surface area (Å²) in [4.78, 5) is 12.8. The summed E-state index contributed by atoms with van der Waals surface area (Å²) in [6.45, 7) is 2.14. The standard InChI is InChI=1S/C21H21NO/c1-2-9-20(17-11-4-3-5-12-17)22-21(23)19-15-8-13-16-10-6-7-14-18(16)19/h3-8,10-15,20H,2,9H2,1H3,(H,22,23). The number of hydrogen-bond acceptors (Lipinski definition) is 1. The van der Waals surface area contributed by atoms with Gasteiger partial charge in [-0.15, -0.1) is 0 Å². The fourth-order valence-corrected chi connectivity index (χ4v) is 2.96. The molecule has 0 aliphatic heterocycles. The molecule has 0 heterocycles. The molecule has 0 fully saturated rings. The molecule has 1 N–H and O–H groups in total. The number of benzene rings is 3. The van der Waals surface area contributed by atoms with E-state index in [1.54, 1.807) is 0 Å². The van der Waals surface area contributed by atoms with Crippen LogP contribution in [0.4, 0.5) is 0 Å². The first-order chi connectivity index (χ1) is 11.3. The lowest BCUT2D eigenvalue weighted by atomic mass is 10.0. The molecule has 0 spiro atoms. The molecular formula is C21H21NO. The summed E-state index contributed by atoms with van der Waals surface area (Å²) in [5.74, 6) is -0.0101. The Kier molecular flexibility index (Phi) is 4.72. The van der Waals surface area contributed by atoms with Crippen LogP contribution < -0.4 is 5.32 Å². The molecule has 3 aromatic rings. The van der Waals surface area contributed by atoms with Crippen LogP contribution in [-0.2, 0) is 0 Å². The Morgan fingerprint density at radius 3 is 2.39 bits per heavy atom. The maximum Gasteiger partial charge on any atom is 0.252 e.